The Morgan fingerprint density at radius 3 is 2.19 bits per heavy atom. The number of imidazole rings is 1. The lowest BCUT2D eigenvalue weighted by atomic mass is 10.0. The summed E-state index contributed by atoms with van der Waals surface area (Å²) in [7, 11) is 0. The van der Waals surface area contributed by atoms with Gasteiger partial charge in [0.05, 0.1) is 11.4 Å². The number of benzene rings is 3. The van der Waals surface area contributed by atoms with Gasteiger partial charge in [-0.2, -0.15) is 0 Å². The summed E-state index contributed by atoms with van der Waals surface area (Å²) in [6.07, 6.45) is 0. The molecule has 1 heterocycles. The number of rotatable bonds is 8. The van der Waals surface area contributed by atoms with Crippen LogP contribution in [0.25, 0.3) is 22.5 Å². The van der Waals surface area contributed by atoms with E-state index in [1.807, 2.05) is 48.5 Å². The summed E-state index contributed by atoms with van der Waals surface area (Å²) in [5.74, 6) is 0.675. The van der Waals surface area contributed by atoms with Crippen LogP contribution >= 0.6 is 27.7 Å². The highest BCUT2D eigenvalue weighted by Gasteiger charge is 2.19. The molecule has 0 unspecified atom stereocenters. The molecule has 0 spiro atoms. The van der Waals surface area contributed by atoms with Gasteiger partial charge >= 0.3 is 0 Å². The van der Waals surface area contributed by atoms with Gasteiger partial charge < -0.3 is 9.88 Å². The summed E-state index contributed by atoms with van der Waals surface area (Å²) in [5.41, 5.74) is 5.02. The molecule has 0 aliphatic heterocycles. The summed E-state index contributed by atoms with van der Waals surface area (Å²) >= 11 is 5.06. The number of amides is 1. The Labute approximate surface area is 201 Å². The van der Waals surface area contributed by atoms with Gasteiger partial charge in [-0.1, -0.05) is 88.4 Å². The zero-order chi connectivity index (χ0) is 22.3. The molecule has 1 amide bonds. The van der Waals surface area contributed by atoms with E-state index in [0.29, 0.717) is 12.1 Å². The van der Waals surface area contributed by atoms with Gasteiger partial charge in [0, 0.05) is 40.0 Å². The SMILES string of the molecule is CCn1c(SCCNC(=O)c2ccc(Br)cc2)nc(-c2ccccc2)c1-c1ccccc1. The first kappa shape index (κ1) is 22.4. The minimum absolute atomic E-state index is 0.0631. The molecule has 4 nitrogen and oxygen atoms in total. The monoisotopic (exact) mass is 505 g/mol. The number of hydrogen-bond acceptors (Lipinski definition) is 3. The first-order valence-electron chi connectivity index (χ1n) is 10.5. The lowest BCUT2D eigenvalue weighted by Gasteiger charge is -2.11. The van der Waals surface area contributed by atoms with E-state index >= 15 is 0 Å². The average Bonchev–Trinajstić information content (AvgIpc) is 3.21. The van der Waals surface area contributed by atoms with E-state index < -0.39 is 0 Å². The van der Waals surface area contributed by atoms with E-state index in [1.165, 1.54) is 0 Å². The molecular formula is C26H24BrN3OS. The van der Waals surface area contributed by atoms with Crippen LogP contribution in [0.1, 0.15) is 17.3 Å². The van der Waals surface area contributed by atoms with Crippen molar-refractivity contribution in [1.29, 1.82) is 0 Å². The van der Waals surface area contributed by atoms with Crippen LogP contribution in [0.5, 0.6) is 0 Å². The van der Waals surface area contributed by atoms with Gasteiger partial charge in [0.25, 0.3) is 5.91 Å². The van der Waals surface area contributed by atoms with E-state index in [4.69, 9.17) is 4.98 Å². The highest BCUT2D eigenvalue weighted by Crippen LogP contribution is 2.35. The molecule has 4 aromatic rings. The van der Waals surface area contributed by atoms with E-state index in [1.54, 1.807) is 11.8 Å². The van der Waals surface area contributed by atoms with Gasteiger partial charge in [-0.15, -0.1) is 0 Å². The molecule has 0 aliphatic carbocycles. The lowest BCUT2D eigenvalue weighted by molar-refractivity contribution is 0.0956. The number of aromatic nitrogens is 2. The van der Waals surface area contributed by atoms with E-state index in [-0.39, 0.29) is 5.91 Å². The molecule has 6 heteroatoms. The van der Waals surface area contributed by atoms with Crippen molar-refractivity contribution in [1.82, 2.24) is 14.9 Å². The van der Waals surface area contributed by atoms with Crippen molar-refractivity contribution in [3.63, 3.8) is 0 Å². The Balaban J connectivity index is 1.53. The van der Waals surface area contributed by atoms with Gasteiger partial charge in [-0.05, 0) is 31.2 Å². The molecule has 4 rings (SSSR count). The van der Waals surface area contributed by atoms with E-state index in [0.717, 1.165) is 44.4 Å². The molecule has 0 radical (unpaired) electrons. The van der Waals surface area contributed by atoms with Crippen LogP contribution in [0.2, 0.25) is 0 Å². The molecule has 1 aromatic heterocycles. The first-order valence-corrected chi connectivity index (χ1v) is 12.3. The third-order valence-electron chi connectivity index (χ3n) is 5.07. The van der Waals surface area contributed by atoms with Gasteiger partial charge in [-0.25, -0.2) is 4.98 Å². The van der Waals surface area contributed by atoms with Crippen LogP contribution in [-0.2, 0) is 6.54 Å². The lowest BCUT2D eigenvalue weighted by Crippen LogP contribution is -2.25. The zero-order valence-electron chi connectivity index (χ0n) is 17.8. The minimum atomic E-state index is -0.0631. The molecule has 1 N–H and O–H groups in total. The number of carbonyl (C=O) groups is 1. The molecule has 0 saturated heterocycles. The fourth-order valence-electron chi connectivity index (χ4n) is 3.53. The molecule has 32 heavy (non-hydrogen) atoms. The third-order valence-corrected chi connectivity index (χ3v) is 6.58. The fraction of sp³-hybridized carbons (Fsp3) is 0.154. The number of nitrogens with one attached hydrogen (secondary N) is 1. The van der Waals surface area contributed by atoms with Crippen molar-refractivity contribution in [3.05, 3.63) is 95.0 Å². The standard InChI is InChI=1S/C26H24BrN3OS/c1-2-30-24(20-11-7-4-8-12-20)23(19-9-5-3-6-10-19)29-26(30)32-18-17-28-25(31)21-13-15-22(27)16-14-21/h3-16H,2,17-18H2,1H3,(H,28,31). The maximum atomic E-state index is 12.4. The molecule has 0 bridgehead atoms. The Bertz CT molecular complexity index is 1180. The second-order valence-corrected chi connectivity index (χ2v) is 9.16. The highest BCUT2D eigenvalue weighted by molar-refractivity contribution is 9.10. The second kappa shape index (κ2) is 10.7. The Morgan fingerprint density at radius 2 is 1.56 bits per heavy atom. The summed E-state index contributed by atoms with van der Waals surface area (Å²) in [5, 5.41) is 3.96. The number of carbonyl (C=O) groups excluding carboxylic acids is 1. The van der Waals surface area contributed by atoms with Crippen LogP contribution in [0.15, 0.2) is 94.6 Å². The average molecular weight is 506 g/mol. The summed E-state index contributed by atoms with van der Waals surface area (Å²) in [6.45, 7) is 3.53. The van der Waals surface area contributed by atoms with Crippen LogP contribution in [0.4, 0.5) is 0 Å². The van der Waals surface area contributed by atoms with Gasteiger partial charge in [0.1, 0.15) is 0 Å². The Hall–Kier alpha value is -2.83. The number of thioether (sulfide) groups is 1. The summed E-state index contributed by atoms with van der Waals surface area (Å²) < 4.78 is 3.22. The maximum Gasteiger partial charge on any atom is 0.251 e. The van der Waals surface area contributed by atoms with E-state index in [9.17, 15) is 4.79 Å². The van der Waals surface area contributed by atoms with Crippen LogP contribution in [-0.4, -0.2) is 27.8 Å². The zero-order valence-corrected chi connectivity index (χ0v) is 20.2. The van der Waals surface area contributed by atoms with Crippen molar-refractivity contribution < 1.29 is 4.79 Å². The van der Waals surface area contributed by atoms with Crippen molar-refractivity contribution in [2.24, 2.45) is 0 Å². The minimum Gasteiger partial charge on any atom is -0.351 e. The molecular weight excluding hydrogens is 482 g/mol. The summed E-state index contributed by atoms with van der Waals surface area (Å²) in [6, 6.07) is 28.1. The predicted octanol–water partition coefficient (Wildman–Crippen LogP) is 6.52. The second-order valence-electron chi connectivity index (χ2n) is 7.18. The van der Waals surface area contributed by atoms with Crippen LogP contribution < -0.4 is 5.32 Å². The first-order chi connectivity index (χ1) is 15.7. The van der Waals surface area contributed by atoms with Crippen molar-refractivity contribution in [2.75, 3.05) is 12.3 Å². The Morgan fingerprint density at radius 1 is 0.938 bits per heavy atom. The molecule has 0 aliphatic rings. The normalized spacial score (nSPS) is 10.8. The quantitative estimate of drug-likeness (QED) is 0.219. The smallest absolute Gasteiger partial charge is 0.251 e. The van der Waals surface area contributed by atoms with Gasteiger partial charge in [0.15, 0.2) is 5.16 Å². The number of halogens is 1. The highest BCUT2D eigenvalue weighted by atomic mass is 79.9. The topological polar surface area (TPSA) is 46.9 Å². The number of nitrogens with zero attached hydrogens (tertiary/aromatic N) is 2. The molecule has 162 valence electrons. The number of hydrogen-bond donors (Lipinski definition) is 1. The molecule has 3 aromatic carbocycles. The van der Waals surface area contributed by atoms with Crippen LogP contribution in [0, 0.1) is 0 Å². The van der Waals surface area contributed by atoms with Gasteiger partial charge in [0.2, 0.25) is 0 Å². The largest absolute Gasteiger partial charge is 0.351 e. The third kappa shape index (κ3) is 5.14. The predicted molar refractivity (Wildman–Crippen MR) is 136 cm³/mol. The van der Waals surface area contributed by atoms with Crippen molar-refractivity contribution in [2.45, 2.75) is 18.6 Å². The Kier molecular flexibility index (Phi) is 7.45. The molecule has 0 atom stereocenters. The van der Waals surface area contributed by atoms with Crippen molar-refractivity contribution in [3.8, 4) is 22.5 Å². The van der Waals surface area contributed by atoms with Crippen molar-refractivity contribution >= 4 is 33.6 Å². The summed E-state index contributed by atoms with van der Waals surface area (Å²) in [4.78, 5) is 17.4. The molecule has 0 fully saturated rings. The van der Waals surface area contributed by atoms with Crippen LogP contribution in [0.3, 0.4) is 0 Å². The fourth-order valence-corrected chi connectivity index (χ4v) is 4.72. The maximum absolute atomic E-state index is 12.4. The van der Waals surface area contributed by atoms with E-state index in [2.05, 4.69) is 69.1 Å². The van der Waals surface area contributed by atoms with Gasteiger partial charge in [-0.3, -0.25) is 4.79 Å². The molecule has 0 saturated carbocycles.